The number of aromatic nitrogens is 1. The lowest BCUT2D eigenvalue weighted by atomic mass is 9.91. The molecule has 3 aromatic carbocycles. The van der Waals surface area contributed by atoms with Gasteiger partial charge in [0, 0.05) is 48.0 Å². The topological polar surface area (TPSA) is 82.3 Å². The number of carbonyl (C=O) groups is 3. The molecule has 2 N–H and O–H groups in total. The van der Waals surface area contributed by atoms with Crippen molar-refractivity contribution in [3.63, 3.8) is 0 Å². The van der Waals surface area contributed by atoms with E-state index >= 15 is 0 Å². The SMILES string of the molecule is O=C(NCC(c1ccccc1)c1c[nH]c2ccccc12)c1cccc(N2C(=O)CCC2=O)c1. The summed E-state index contributed by atoms with van der Waals surface area (Å²) in [6.45, 7) is 0.399. The predicted octanol–water partition coefficient (Wildman–Crippen LogP) is 4.38. The van der Waals surface area contributed by atoms with Crippen LogP contribution >= 0.6 is 0 Å². The molecule has 6 heteroatoms. The Bertz CT molecular complexity index is 1330. The van der Waals surface area contributed by atoms with Gasteiger partial charge in [-0.3, -0.25) is 19.3 Å². The lowest BCUT2D eigenvalue weighted by Gasteiger charge is -2.19. The lowest BCUT2D eigenvalue weighted by molar-refractivity contribution is -0.121. The summed E-state index contributed by atoms with van der Waals surface area (Å²) in [6, 6.07) is 24.8. The van der Waals surface area contributed by atoms with Gasteiger partial charge in [0.15, 0.2) is 0 Å². The van der Waals surface area contributed by atoms with Crippen LogP contribution in [0.25, 0.3) is 10.9 Å². The monoisotopic (exact) mass is 437 g/mol. The highest BCUT2D eigenvalue weighted by atomic mass is 16.2. The largest absolute Gasteiger partial charge is 0.361 e. The Morgan fingerprint density at radius 2 is 1.64 bits per heavy atom. The van der Waals surface area contributed by atoms with E-state index < -0.39 is 0 Å². The van der Waals surface area contributed by atoms with E-state index in [-0.39, 0.29) is 36.5 Å². The molecule has 0 radical (unpaired) electrons. The molecule has 5 rings (SSSR count). The first-order valence-electron chi connectivity index (χ1n) is 11.0. The molecule has 1 saturated heterocycles. The average molecular weight is 437 g/mol. The van der Waals surface area contributed by atoms with E-state index in [4.69, 9.17) is 0 Å². The zero-order valence-corrected chi connectivity index (χ0v) is 18.0. The Hall–Kier alpha value is -4.19. The van der Waals surface area contributed by atoms with E-state index in [0.29, 0.717) is 17.8 Å². The van der Waals surface area contributed by atoms with Crippen molar-refractivity contribution in [2.45, 2.75) is 18.8 Å². The first-order chi connectivity index (χ1) is 16.1. The molecule has 2 heterocycles. The normalized spacial score (nSPS) is 14.6. The third kappa shape index (κ3) is 4.03. The second kappa shape index (κ2) is 8.74. The van der Waals surface area contributed by atoms with Crippen molar-refractivity contribution in [1.82, 2.24) is 10.3 Å². The standard InChI is InChI=1S/C27H23N3O3/c31-25-13-14-26(32)30(25)20-10-6-9-19(15-20)27(33)29-16-22(18-7-2-1-3-8-18)23-17-28-24-12-5-4-11-21(23)24/h1-12,15,17,22,28H,13-14,16H2,(H,29,33). The van der Waals surface area contributed by atoms with Crippen molar-refractivity contribution >= 4 is 34.3 Å². The molecule has 164 valence electrons. The Labute approximate surface area is 191 Å². The molecule has 1 aromatic heterocycles. The van der Waals surface area contributed by atoms with E-state index in [1.165, 1.54) is 0 Å². The molecule has 0 bridgehead atoms. The lowest BCUT2D eigenvalue weighted by Crippen LogP contribution is -2.30. The van der Waals surface area contributed by atoms with Crippen LogP contribution < -0.4 is 10.2 Å². The maximum Gasteiger partial charge on any atom is 0.251 e. The fourth-order valence-electron chi connectivity index (χ4n) is 4.42. The van der Waals surface area contributed by atoms with Gasteiger partial charge in [-0.05, 0) is 35.4 Å². The van der Waals surface area contributed by atoms with Gasteiger partial charge in [-0.2, -0.15) is 0 Å². The Balaban J connectivity index is 1.40. The second-order valence-electron chi connectivity index (χ2n) is 8.14. The summed E-state index contributed by atoms with van der Waals surface area (Å²) in [6.07, 6.45) is 2.41. The van der Waals surface area contributed by atoms with Crippen LogP contribution in [0.3, 0.4) is 0 Å². The van der Waals surface area contributed by atoms with Crippen molar-refractivity contribution in [1.29, 1.82) is 0 Å². The van der Waals surface area contributed by atoms with Gasteiger partial charge in [0.1, 0.15) is 0 Å². The Morgan fingerprint density at radius 1 is 0.909 bits per heavy atom. The van der Waals surface area contributed by atoms with Gasteiger partial charge < -0.3 is 10.3 Å². The maximum atomic E-state index is 13.0. The number of rotatable bonds is 6. The Morgan fingerprint density at radius 3 is 2.42 bits per heavy atom. The molecule has 1 fully saturated rings. The highest BCUT2D eigenvalue weighted by molar-refractivity contribution is 6.20. The first-order valence-corrected chi connectivity index (χ1v) is 11.0. The molecule has 6 nitrogen and oxygen atoms in total. The van der Waals surface area contributed by atoms with Gasteiger partial charge in [-0.25, -0.2) is 0 Å². The Kier molecular flexibility index (Phi) is 5.48. The number of fused-ring (bicyclic) bond motifs is 1. The number of aromatic amines is 1. The summed E-state index contributed by atoms with van der Waals surface area (Å²) in [7, 11) is 0. The quantitative estimate of drug-likeness (QED) is 0.439. The predicted molar refractivity (Wildman–Crippen MR) is 127 cm³/mol. The number of nitrogens with zero attached hydrogens (tertiary/aromatic N) is 1. The number of amides is 3. The third-order valence-corrected chi connectivity index (χ3v) is 6.08. The molecule has 1 aliphatic heterocycles. The van der Waals surface area contributed by atoms with Crippen molar-refractivity contribution in [2.24, 2.45) is 0 Å². The van der Waals surface area contributed by atoms with Crippen LogP contribution in [0.4, 0.5) is 5.69 Å². The van der Waals surface area contributed by atoms with E-state index in [9.17, 15) is 14.4 Å². The minimum absolute atomic E-state index is 0.0452. The molecule has 33 heavy (non-hydrogen) atoms. The van der Waals surface area contributed by atoms with E-state index in [1.54, 1.807) is 24.3 Å². The molecule has 0 aliphatic carbocycles. The van der Waals surface area contributed by atoms with E-state index in [0.717, 1.165) is 26.9 Å². The molecule has 0 saturated carbocycles. The van der Waals surface area contributed by atoms with Crippen molar-refractivity contribution in [3.8, 4) is 0 Å². The smallest absolute Gasteiger partial charge is 0.251 e. The highest BCUT2D eigenvalue weighted by Gasteiger charge is 2.30. The summed E-state index contributed by atoms with van der Waals surface area (Å²) in [5.74, 6) is -0.769. The van der Waals surface area contributed by atoms with Gasteiger partial charge >= 0.3 is 0 Å². The number of anilines is 1. The fourth-order valence-corrected chi connectivity index (χ4v) is 4.42. The summed E-state index contributed by atoms with van der Waals surface area (Å²) < 4.78 is 0. The number of para-hydroxylation sites is 1. The van der Waals surface area contributed by atoms with E-state index in [1.807, 2.05) is 42.6 Å². The number of hydrogen-bond acceptors (Lipinski definition) is 3. The number of nitrogens with one attached hydrogen (secondary N) is 2. The summed E-state index contributed by atoms with van der Waals surface area (Å²) in [5, 5.41) is 4.17. The van der Waals surface area contributed by atoms with E-state index in [2.05, 4.69) is 28.5 Å². The van der Waals surface area contributed by atoms with Crippen molar-refractivity contribution in [3.05, 3.63) is 102 Å². The van der Waals surface area contributed by atoms with Crippen molar-refractivity contribution < 1.29 is 14.4 Å². The average Bonchev–Trinajstić information content (AvgIpc) is 3.43. The fraction of sp³-hybridized carbons (Fsp3) is 0.148. The molecular weight excluding hydrogens is 414 g/mol. The van der Waals surface area contributed by atoms with Crippen LogP contribution in [-0.2, 0) is 9.59 Å². The number of carbonyl (C=O) groups excluding carboxylic acids is 3. The molecule has 1 unspecified atom stereocenters. The first kappa shape index (κ1) is 20.7. The number of imide groups is 1. The maximum absolute atomic E-state index is 13.0. The van der Waals surface area contributed by atoms with Gasteiger partial charge in [0.2, 0.25) is 11.8 Å². The summed E-state index contributed by atoms with van der Waals surface area (Å²) in [5.41, 5.74) is 4.10. The van der Waals surface area contributed by atoms with Crippen LogP contribution in [0.5, 0.6) is 0 Å². The van der Waals surface area contributed by atoms with Gasteiger partial charge in [0.05, 0.1) is 5.69 Å². The second-order valence-corrected chi connectivity index (χ2v) is 8.14. The minimum Gasteiger partial charge on any atom is -0.361 e. The highest BCUT2D eigenvalue weighted by Crippen LogP contribution is 2.30. The molecule has 1 aliphatic rings. The molecular formula is C27H23N3O3. The number of benzene rings is 3. The van der Waals surface area contributed by atoms with Crippen LogP contribution in [0.15, 0.2) is 85.1 Å². The molecule has 3 amide bonds. The minimum atomic E-state index is -0.253. The molecule has 1 atom stereocenters. The van der Waals surface area contributed by atoms with Crippen LogP contribution in [0, 0.1) is 0 Å². The molecule has 4 aromatic rings. The molecule has 0 spiro atoms. The van der Waals surface area contributed by atoms with Crippen LogP contribution in [0.1, 0.15) is 40.2 Å². The van der Waals surface area contributed by atoms with Gasteiger partial charge in [-0.1, -0.05) is 54.6 Å². The third-order valence-electron chi connectivity index (χ3n) is 6.08. The van der Waals surface area contributed by atoms with Gasteiger partial charge in [-0.15, -0.1) is 0 Å². The zero-order chi connectivity index (χ0) is 22.8. The number of H-pyrrole nitrogens is 1. The van der Waals surface area contributed by atoms with Gasteiger partial charge in [0.25, 0.3) is 5.91 Å². The van der Waals surface area contributed by atoms with Crippen molar-refractivity contribution in [2.75, 3.05) is 11.4 Å². The zero-order valence-electron chi connectivity index (χ0n) is 18.0. The summed E-state index contributed by atoms with van der Waals surface area (Å²) in [4.78, 5) is 41.7. The number of hydrogen-bond donors (Lipinski definition) is 2. The van der Waals surface area contributed by atoms with Crippen LogP contribution in [0.2, 0.25) is 0 Å². The van der Waals surface area contributed by atoms with Crippen LogP contribution in [-0.4, -0.2) is 29.3 Å². The summed E-state index contributed by atoms with van der Waals surface area (Å²) >= 11 is 0.